The zero-order valence-corrected chi connectivity index (χ0v) is 10.6. The fraction of sp³-hybridized carbons (Fsp3) is 0.333. The highest BCUT2D eigenvalue weighted by molar-refractivity contribution is 5.25. The van der Waals surface area contributed by atoms with Crippen LogP contribution in [0.3, 0.4) is 0 Å². The Bertz CT molecular complexity index is 440. The van der Waals surface area contributed by atoms with E-state index in [1.54, 1.807) is 25.1 Å². The van der Waals surface area contributed by atoms with Crippen molar-refractivity contribution in [1.82, 2.24) is 0 Å². The van der Waals surface area contributed by atoms with E-state index in [-0.39, 0.29) is 17.5 Å². The van der Waals surface area contributed by atoms with Crippen molar-refractivity contribution in [3.8, 4) is 0 Å². The van der Waals surface area contributed by atoms with Gasteiger partial charge in [0.25, 0.3) is 0 Å². The van der Waals surface area contributed by atoms with Crippen LogP contribution in [0.25, 0.3) is 0 Å². The lowest BCUT2D eigenvalue weighted by molar-refractivity contribution is 0.139. The number of allylic oxidation sites excluding steroid dienone is 2. The van der Waals surface area contributed by atoms with E-state index in [9.17, 15) is 14.6 Å². The van der Waals surface area contributed by atoms with E-state index in [4.69, 9.17) is 0 Å². The van der Waals surface area contributed by atoms with Crippen LogP contribution in [0.5, 0.6) is 0 Å². The lowest BCUT2D eigenvalue weighted by Crippen LogP contribution is -2.09. The molecule has 1 aromatic rings. The largest absolute Gasteiger partial charge is 0.513 e. The molecule has 2 nitrogen and oxygen atoms in total. The Kier molecular flexibility index (Phi) is 5.10. The number of aliphatic hydroxyl groups excluding tert-OH is 2. The van der Waals surface area contributed by atoms with Gasteiger partial charge in [-0.2, -0.15) is 0 Å². The summed E-state index contributed by atoms with van der Waals surface area (Å²) in [6.07, 6.45) is 1.81. The Balaban J connectivity index is 2.79. The third kappa shape index (κ3) is 3.70. The van der Waals surface area contributed by atoms with E-state index in [0.29, 0.717) is 24.0 Å². The van der Waals surface area contributed by atoms with Crippen LogP contribution in [0, 0.1) is 18.7 Å². The summed E-state index contributed by atoms with van der Waals surface area (Å²) in [6.45, 7) is 8.74. The van der Waals surface area contributed by atoms with Gasteiger partial charge in [0.05, 0.1) is 11.9 Å². The first-order valence-corrected chi connectivity index (χ1v) is 5.88. The number of hydrogen-bond acceptors (Lipinski definition) is 2. The molecule has 0 unspecified atom stereocenters. The monoisotopic (exact) mass is 250 g/mol. The first kappa shape index (κ1) is 14.5. The minimum Gasteiger partial charge on any atom is -0.513 e. The predicted molar refractivity (Wildman–Crippen MR) is 70.8 cm³/mol. The van der Waals surface area contributed by atoms with Crippen LogP contribution < -0.4 is 0 Å². The third-order valence-corrected chi connectivity index (χ3v) is 3.00. The summed E-state index contributed by atoms with van der Waals surface area (Å²) in [5.41, 5.74) is 1.14. The number of aliphatic hydroxyl groups is 2. The van der Waals surface area contributed by atoms with Crippen molar-refractivity contribution in [2.45, 2.75) is 25.9 Å². The molecule has 0 radical (unpaired) electrons. The number of halogens is 1. The molecule has 0 bridgehead atoms. The second kappa shape index (κ2) is 6.36. The van der Waals surface area contributed by atoms with Crippen LogP contribution in [0.15, 0.2) is 43.2 Å². The molecule has 0 aliphatic carbocycles. The van der Waals surface area contributed by atoms with Crippen LogP contribution in [0.4, 0.5) is 4.39 Å². The van der Waals surface area contributed by atoms with Crippen LogP contribution in [0.1, 0.15) is 30.1 Å². The van der Waals surface area contributed by atoms with Crippen LogP contribution in [0.2, 0.25) is 0 Å². The van der Waals surface area contributed by atoms with E-state index < -0.39 is 6.10 Å². The molecule has 1 rings (SSSR count). The minimum atomic E-state index is -0.752. The second-order valence-corrected chi connectivity index (χ2v) is 4.47. The number of benzene rings is 1. The molecule has 0 aliphatic heterocycles. The summed E-state index contributed by atoms with van der Waals surface area (Å²) < 4.78 is 13.1. The number of rotatable bonds is 6. The maximum atomic E-state index is 13.1. The van der Waals surface area contributed by atoms with Gasteiger partial charge in [-0.3, -0.25) is 0 Å². The second-order valence-electron chi connectivity index (χ2n) is 4.47. The van der Waals surface area contributed by atoms with Gasteiger partial charge >= 0.3 is 0 Å². The molecule has 18 heavy (non-hydrogen) atoms. The van der Waals surface area contributed by atoms with Crippen molar-refractivity contribution in [3.63, 3.8) is 0 Å². The highest BCUT2D eigenvalue weighted by Crippen LogP contribution is 2.27. The van der Waals surface area contributed by atoms with Gasteiger partial charge < -0.3 is 10.2 Å². The van der Waals surface area contributed by atoms with Crippen LogP contribution >= 0.6 is 0 Å². The van der Waals surface area contributed by atoms with Gasteiger partial charge in [0.2, 0.25) is 0 Å². The smallest absolute Gasteiger partial charge is 0.126 e. The fourth-order valence-corrected chi connectivity index (χ4v) is 1.85. The number of hydrogen-bond donors (Lipinski definition) is 2. The van der Waals surface area contributed by atoms with Crippen molar-refractivity contribution < 1.29 is 14.6 Å². The summed E-state index contributed by atoms with van der Waals surface area (Å²) in [6, 6.07) is 4.51. The van der Waals surface area contributed by atoms with Gasteiger partial charge in [0.1, 0.15) is 5.82 Å². The standard InChI is InChI=1S/C15H19FO2/c1-4-5-12(11(3)17)9-15(18)13-6-7-14(16)10(2)8-13/h4,6-8,12,15,17-18H,1,3,5,9H2,2H3/t12-,15+/m0/s1. The molecule has 0 heterocycles. The molecule has 0 saturated heterocycles. The third-order valence-electron chi connectivity index (χ3n) is 3.00. The van der Waals surface area contributed by atoms with Gasteiger partial charge in [-0.25, -0.2) is 4.39 Å². The van der Waals surface area contributed by atoms with E-state index in [2.05, 4.69) is 13.2 Å². The molecular formula is C15H19FO2. The molecule has 2 N–H and O–H groups in total. The Hall–Kier alpha value is -1.61. The SMILES string of the molecule is C=CC[C@@H](C[C@@H](O)c1ccc(F)c(C)c1)C(=C)O. The Labute approximate surface area is 107 Å². The van der Waals surface area contributed by atoms with Gasteiger partial charge in [0.15, 0.2) is 0 Å². The zero-order valence-electron chi connectivity index (χ0n) is 10.6. The Morgan fingerprint density at radius 3 is 2.67 bits per heavy atom. The molecule has 0 amide bonds. The number of aryl methyl sites for hydroxylation is 1. The average Bonchev–Trinajstić information content (AvgIpc) is 2.31. The molecule has 2 atom stereocenters. The van der Waals surface area contributed by atoms with Gasteiger partial charge in [-0.15, -0.1) is 6.58 Å². The van der Waals surface area contributed by atoms with Crippen molar-refractivity contribution in [3.05, 3.63) is 60.1 Å². The minimum absolute atomic E-state index is 0.0350. The van der Waals surface area contributed by atoms with E-state index in [1.165, 1.54) is 6.07 Å². The van der Waals surface area contributed by atoms with Gasteiger partial charge in [0, 0.05) is 5.92 Å². The van der Waals surface area contributed by atoms with Gasteiger partial charge in [-0.1, -0.05) is 24.8 Å². The van der Waals surface area contributed by atoms with Gasteiger partial charge in [-0.05, 0) is 37.0 Å². The predicted octanol–water partition coefficient (Wildman–Crippen LogP) is 3.82. The summed E-state index contributed by atoms with van der Waals surface area (Å²) in [5.74, 6) is -0.490. The molecule has 3 heteroatoms. The lowest BCUT2D eigenvalue weighted by Gasteiger charge is -2.18. The van der Waals surface area contributed by atoms with Crippen LogP contribution in [-0.4, -0.2) is 10.2 Å². The van der Waals surface area contributed by atoms with E-state index in [0.717, 1.165) is 0 Å². The van der Waals surface area contributed by atoms with Crippen molar-refractivity contribution in [2.24, 2.45) is 5.92 Å². The van der Waals surface area contributed by atoms with Crippen molar-refractivity contribution in [2.75, 3.05) is 0 Å². The first-order chi connectivity index (χ1) is 8.45. The highest BCUT2D eigenvalue weighted by atomic mass is 19.1. The normalized spacial score (nSPS) is 13.9. The highest BCUT2D eigenvalue weighted by Gasteiger charge is 2.18. The summed E-state index contributed by atoms with van der Waals surface area (Å²) >= 11 is 0. The average molecular weight is 250 g/mol. The Morgan fingerprint density at radius 2 is 2.17 bits per heavy atom. The molecule has 0 saturated carbocycles. The quantitative estimate of drug-likeness (QED) is 0.595. The van der Waals surface area contributed by atoms with Crippen LogP contribution in [-0.2, 0) is 0 Å². The van der Waals surface area contributed by atoms with E-state index in [1.807, 2.05) is 0 Å². The topological polar surface area (TPSA) is 40.5 Å². The summed E-state index contributed by atoms with van der Waals surface area (Å²) in [7, 11) is 0. The molecule has 0 spiro atoms. The maximum absolute atomic E-state index is 13.1. The molecule has 98 valence electrons. The first-order valence-electron chi connectivity index (χ1n) is 5.88. The zero-order chi connectivity index (χ0) is 13.7. The molecule has 1 aromatic carbocycles. The van der Waals surface area contributed by atoms with E-state index >= 15 is 0 Å². The molecular weight excluding hydrogens is 231 g/mol. The van der Waals surface area contributed by atoms with Crippen molar-refractivity contribution in [1.29, 1.82) is 0 Å². The lowest BCUT2D eigenvalue weighted by atomic mass is 9.92. The van der Waals surface area contributed by atoms with Crippen molar-refractivity contribution >= 4 is 0 Å². The molecule has 0 aromatic heterocycles. The maximum Gasteiger partial charge on any atom is 0.126 e. The fourth-order valence-electron chi connectivity index (χ4n) is 1.85. The summed E-state index contributed by atoms with van der Waals surface area (Å²) in [5, 5.41) is 19.5. The Morgan fingerprint density at radius 1 is 1.50 bits per heavy atom. The summed E-state index contributed by atoms with van der Waals surface area (Å²) in [4.78, 5) is 0. The molecule has 0 fully saturated rings. The molecule has 0 aliphatic rings.